The molecular weight excluding hydrogens is 524 g/mol. The predicted molar refractivity (Wildman–Crippen MR) is 140 cm³/mol. The van der Waals surface area contributed by atoms with Crippen LogP contribution in [0, 0.1) is 5.82 Å². The normalized spacial score (nSPS) is 14.6. The molecule has 0 atom stereocenters. The molecule has 0 aliphatic carbocycles. The lowest BCUT2D eigenvalue weighted by Gasteiger charge is -2.30. The highest BCUT2D eigenvalue weighted by molar-refractivity contribution is 6.42. The van der Waals surface area contributed by atoms with Crippen LogP contribution in [0.3, 0.4) is 0 Å². The molecule has 2 amide bonds. The average molecular weight is 552 g/mol. The number of ether oxygens (including phenoxy) is 3. The number of anilines is 1. The Bertz CT molecular complexity index is 1280. The summed E-state index contributed by atoms with van der Waals surface area (Å²) in [6.45, 7) is 8.55. The number of fused-ring (bicyclic) bond motifs is 1. The zero-order valence-electron chi connectivity index (χ0n) is 21.4. The van der Waals surface area contributed by atoms with Crippen LogP contribution >= 0.6 is 23.2 Å². The van der Waals surface area contributed by atoms with E-state index in [0.29, 0.717) is 23.4 Å². The van der Waals surface area contributed by atoms with Gasteiger partial charge in [-0.3, -0.25) is 4.79 Å². The average Bonchev–Trinajstić information content (AvgIpc) is 3.08. The Labute approximate surface area is 225 Å². The van der Waals surface area contributed by atoms with Crippen LogP contribution in [0.1, 0.15) is 58.6 Å². The molecule has 2 aromatic rings. The first kappa shape index (κ1) is 28.5. The van der Waals surface area contributed by atoms with E-state index in [-0.39, 0.29) is 27.6 Å². The number of esters is 1. The van der Waals surface area contributed by atoms with E-state index in [9.17, 15) is 18.8 Å². The minimum atomic E-state index is -1.28. The minimum absolute atomic E-state index is 0.0137. The maximum Gasteiger partial charge on any atom is 0.422 e. The second kappa shape index (κ2) is 10.7. The van der Waals surface area contributed by atoms with E-state index in [1.165, 1.54) is 25.3 Å². The smallest absolute Gasteiger partial charge is 0.422 e. The molecular formula is C27H28Cl2FNO6. The van der Waals surface area contributed by atoms with Crippen LogP contribution in [0.2, 0.25) is 10.0 Å². The summed E-state index contributed by atoms with van der Waals surface area (Å²) in [5, 5.41) is 0.0645. The van der Waals surface area contributed by atoms with E-state index >= 15 is 0 Å². The van der Waals surface area contributed by atoms with Crippen LogP contribution in [0.25, 0.3) is 11.6 Å². The highest BCUT2D eigenvalue weighted by Gasteiger charge is 2.41. The molecule has 198 valence electrons. The Morgan fingerprint density at radius 1 is 1.08 bits per heavy atom. The van der Waals surface area contributed by atoms with E-state index in [1.807, 2.05) is 0 Å². The Hall–Kier alpha value is -3.10. The molecule has 0 aromatic heterocycles. The van der Waals surface area contributed by atoms with Crippen LogP contribution in [-0.2, 0) is 19.1 Å². The zero-order chi connectivity index (χ0) is 27.7. The maximum absolute atomic E-state index is 14.5. The van der Waals surface area contributed by atoms with Crippen LogP contribution in [0.15, 0.2) is 30.3 Å². The fourth-order valence-electron chi connectivity index (χ4n) is 3.91. The van der Waals surface area contributed by atoms with Gasteiger partial charge in [0.2, 0.25) is 5.60 Å². The van der Waals surface area contributed by atoms with Gasteiger partial charge in [0, 0.05) is 16.1 Å². The molecule has 1 aliphatic rings. The van der Waals surface area contributed by atoms with Crippen molar-refractivity contribution in [2.24, 2.45) is 0 Å². The van der Waals surface area contributed by atoms with Crippen molar-refractivity contribution < 1.29 is 33.0 Å². The number of carbonyl (C=O) groups is 3. The van der Waals surface area contributed by atoms with Crippen molar-refractivity contribution >= 4 is 58.5 Å². The summed E-state index contributed by atoms with van der Waals surface area (Å²) in [4.78, 5) is 39.8. The highest BCUT2D eigenvalue weighted by atomic mass is 35.5. The van der Waals surface area contributed by atoms with Crippen molar-refractivity contribution in [3.05, 3.63) is 57.3 Å². The number of hydrogen-bond donors (Lipinski definition) is 0. The molecule has 3 rings (SSSR count). The zero-order valence-corrected chi connectivity index (χ0v) is 22.9. The predicted octanol–water partition coefficient (Wildman–Crippen LogP) is 7.07. The van der Waals surface area contributed by atoms with Gasteiger partial charge in [-0.25, -0.2) is 18.9 Å². The lowest BCUT2D eigenvalue weighted by atomic mass is 9.96. The fourth-order valence-corrected chi connectivity index (χ4v) is 4.25. The number of amides is 2. The van der Waals surface area contributed by atoms with E-state index < -0.39 is 35.0 Å². The van der Waals surface area contributed by atoms with Gasteiger partial charge < -0.3 is 14.2 Å². The van der Waals surface area contributed by atoms with E-state index in [1.54, 1.807) is 46.8 Å². The summed E-state index contributed by atoms with van der Waals surface area (Å²) < 4.78 is 31.0. The molecule has 0 bridgehead atoms. The van der Waals surface area contributed by atoms with Crippen molar-refractivity contribution in [2.45, 2.75) is 58.7 Å². The first-order valence-corrected chi connectivity index (χ1v) is 12.4. The van der Waals surface area contributed by atoms with Gasteiger partial charge in [-0.05, 0) is 70.0 Å². The first-order chi connectivity index (χ1) is 17.3. The topological polar surface area (TPSA) is 82.1 Å². The molecule has 7 nitrogen and oxygen atoms in total. The molecule has 37 heavy (non-hydrogen) atoms. The van der Waals surface area contributed by atoms with Crippen LogP contribution in [-0.4, -0.2) is 36.3 Å². The molecule has 0 saturated heterocycles. The summed E-state index contributed by atoms with van der Waals surface area (Å²) in [7, 11) is 1.27. The van der Waals surface area contributed by atoms with E-state index in [4.69, 9.17) is 37.4 Å². The van der Waals surface area contributed by atoms with Gasteiger partial charge >= 0.3 is 12.1 Å². The Balaban J connectivity index is 2.19. The van der Waals surface area contributed by atoms with Crippen molar-refractivity contribution in [3.63, 3.8) is 0 Å². The van der Waals surface area contributed by atoms with Gasteiger partial charge in [0.05, 0.1) is 23.4 Å². The summed E-state index contributed by atoms with van der Waals surface area (Å²) in [6, 6.07) is 6.94. The SMILES string of the molecule is CCC(CC)(Oc1ccc(Cl)cc1C=C1C(=O)N(C(=O)OC(C)(C)C)c2cc(Cl)c(F)cc21)C(=O)OC. The molecule has 0 saturated carbocycles. The van der Waals surface area contributed by atoms with Gasteiger partial charge in [-0.15, -0.1) is 0 Å². The van der Waals surface area contributed by atoms with E-state index in [2.05, 4.69) is 0 Å². The number of benzene rings is 2. The molecule has 0 radical (unpaired) electrons. The highest BCUT2D eigenvalue weighted by Crippen LogP contribution is 2.42. The quantitative estimate of drug-likeness (QED) is 0.282. The number of halogens is 3. The van der Waals surface area contributed by atoms with Crippen LogP contribution in [0.4, 0.5) is 14.9 Å². The lowest BCUT2D eigenvalue weighted by Crippen LogP contribution is -2.44. The summed E-state index contributed by atoms with van der Waals surface area (Å²) in [6.07, 6.45) is 1.11. The third kappa shape index (κ3) is 5.75. The van der Waals surface area contributed by atoms with Crippen molar-refractivity contribution in [2.75, 3.05) is 12.0 Å². The number of nitrogens with zero attached hydrogens (tertiary/aromatic N) is 1. The van der Waals surface area contributed by atoms with Gasteiger partial charge in [-0.1, -0.05) is 37.0 Å². The fraction of sp³-hybridized carbons (Fsp3) is 0.370. The van der Waals surface area contributed by atoms with Crippen LogP contribution in [0.5, 0.6) is 5.75 Å². The summed E-state index contributed by atoms with van der Waals surface area (Å²) in [5.74, 6) is -1.83. The van der Waals surface area contributed by atoms with Gasteiger partial charge in [0.25, 0.3) is 5.91 Å². The molecule has 0 fully saturated rings. The Kier molecular flexibility index (Phi) is 8.24. The number of carbonyl (C=O) groups excluding carboxylic acids is 3. The molecule has 0 unspecified atom stereocenters. The summed E-state index contributed by atoms with van der Waals surface area (Å²) >= 11 is 12.2. The van der Waals surface area contributed by atoms with Crippen molar-refractivity contribution in [3.8, 4) is 5.75 Å². The lowest BCUT2D eigenvalue weighted by molar-refractivity contribution is -0.159. The largest absolute Gasteiger partial charge is 0.475 e. The van der Waals surface area contributed by atoms with Gasteiger partial charge in [0.15, 0.2) is 0 Å². The Morgan fingerprint density at radius 2 is 1.73 bits per heavy atom. The van der Waals surface area contributed by atoms with Crippen molar-refractivity contribution in [1.82, 2.24) is 0 Å². The molecule has 0 N–H and O–H groups in total. The van der Waals surface area contributed by atoms with E-state index in [0.717, 1.165) is 11.0 Å². The summed E-state index contributed by atoms with van der Waals surface area (Å²) in [5.41, 5.74) is -1.64. The number of rotatable bonds is 6. The molecule has 0 spiro atoms. The monoisotopic (exact) mass is 551 g/mol. The molecule has 10 heteroatoms. The van der Waals surface area contributed by atoms with Gasteiger partial charge in [-0.2, -0.15) is 0 Å². The first-order valence-electron chi connectivity index (χ1n) is 11.6. The van der Waals surface area contributed by atoms with Gasteiger partial charge in [0.1, 0.15) is 17.2 Å². The third-order valence-corrected chi connectivity index (χ3v) is 6.38. The number of hydrogen-bond acceptors (Lipinski definition) is 6. The standard InChI is InChI=1S/C27H28Cl2FNO6/c1-7-27(8-2,24(33)35-6)36-22-10-9-16(28)11-15(22)12-18-17-13-20(30)19(29)14-21(17)31(23(18)32)25(34)37-26(3,4)5/h9-14H,7-8H2,1-6H3. The number of methoxy groups -OCH3 is 1. The molecule has 2 aromatic carbocycles. The molecule has 1 heterocycles. The van der Waals surface area contributed by atoms with Crippen molar-refractivity contribution in [1.29, 1.82) is 0 Å². The Morgan fingerprint density at radius 3 is 2.30 bits per heavy atom. The number of imide groups is 1. The maximum atomic E-state index is 14.5. The third-order valence-electron chi connectivity index (χ3n) is 5.86. The minimum Gasteiger partial charge on any atom is -0.475 e. The second-order valence-corrected chi connectivity index (χ2v) is 10.3. The molecule has 1 aliphatic heterocycles. The van der Waals surface area contributed by atoms with Crippen LogP contribution < -0.4 is 9.64 Å². The second-order valence-electron chi connectivity index (χ2n) is 9.44.